The van der Waals surface area contributed by atoms with Gasteiger partial charge in [-0.3, -0.25) is 4.98 Å². The van der Waals surface area contributed by atoms with E-state index in [4.69, 9.17) is 4.74 Å². The lowest BCUT2D eigenvalue weighted by Crippen LogP contribution is -2.47. The van der Waals surface area contributed by atoms with Crippen molar-refractivity contribution in [1.82, 2.24) is 15.6 Å². The van der Waals surface area contributed by atoms with Crippen LogP contribution in [0.15, 0.2) is 41.9 Å². The van der Waals surface area contributed by atoms with Crippen molar-refractivity contribution in [2.24, 2.45) is 0 Å². The van der Waals surface area contributed by atoms with E-state index in [1.807, 2.05) is 32.0 Å². The molecule has 20 heavy (non-hydrogen) atoms. The van der Waals surface area contributed by atoms with Crippen molar-refractivity contribution in [1.29, 1.82) is 0 Å². The van der Waals surface area contributed by atoms with Crippen LogP contribution >= 0.6 is 0 Å². The molecule has 1 atom stereocenters. The smallest absolute Gasteiger partial charge is 0.338 e. The molecule has 2 aliphatic rings. The van der Waals surface area contributed by atoms with Gasteiger partial charge in [-0.25, -0.2) is 9.59 Å². The van der Waals surface area contributed by atoms with E-state index in [1.165, 1.54) is 0 Å². The Balaban J connectivity index is 0.000000211. The lowest BCUT2D eigenvalue weighted by molar-refractivity contribution is -0.136. The number of nitrogens with zero attached hydrogens (tertiary/aromatic N) is 1. The molecule has 1 aromatic heterocycles. The zero-order valence-electron chi connectivity index (χ0n) is 11.8. The molecule has 3 rings (SSSR count). The van der Waals surface area contributed by atoms with Crippen molar-refractivity contribution in [3.63, 3.8) is 0 Å². The number of hydrogen-bond donors (Lipinski definition) is 2. The highest BCUT2D eigenvalue weighted by atomic mass is 16.5. The molecule has 6 nitrogen and oxygen atoms in total. The standard InChI is InChI=1S/C7H8N2O3.C5H5N.C2H6/c1-3-5-4(2-12-6(5)10)9-7(11)8-3;1-2-4-6-5-3-1;1-2/h3H,2H2,1H3,(H2,8,9,11);1-5H;1-2H3. The number of urea groups is 1. The first kappa shape index (κ1) is 15.7. The Kier molecular flexibility index (Phi) is 6.22. The van der Waals surface area contributed by atoms with Crippen molar-refractivity contribution < 1.29 is 14.3 Å². The lowest BCUT2D eigenvalue weighted by atomic mass is 10.1. The summed E-state index contributed by atoms with van der Waals surface area (Å²) in [6.07, 6.45) is 3.50. The predicted octanol–water partition coefficient (Wildman–Crippen LogP) is 1.61. The fraction of sp³-hybridized carbons (Fsp3) is 0.357. The Hall–Kier alpha value is -2.37. The number of pyridine rings is 1. The number of nitrogens with one attached hydrogen (secondary N) is 2. The molecule has 2 aliphatic heterocycles. The maximum Gasteiger partial charge on any atom is 0.338 e. The number of hydrogen-bond acceptors (Lipinski definition) is 4. The van der Waals surface area contributed by atoms with E-state index in [0.717, 1.165) is 0 Å². The van der Waals surface area contributed by atoms with Gasteiger partial charge in [0.25, 0.3) is 0 Å². The van der Waals surface area contributed by atoms with Gasteiger partial charge in [-0.15, -0.1) is 0 Å². The quantitative estimate of drug-likeness (QED) is 0.706. The summed E-state index contributed by atoms with van der Waals surface area (Å²) in [5.41, 5.74) is 1.13. The van der Waals surface area contributed by atoms with Crippen LogP contribution in [0, 0.1) is 0 Å². The topological polar surface area (TPSA) is 80.3 Å². The van der Waals surface area contributed by atoms with Crippen LogP contribution in [-0.2, 0) is 9.53 Å². The zero-order valence-corrected chi connectivity index (χ0v) is 11.8. The van der Waals surface area contributed by atoms with Gasteiger partial charge < -0.3 is 15.4 Å². The normalized spacial score (nSPS) is 19.2. The van der Waals surface area contributed by atoms with Gasteiger partial charge in [0.1, 0.15) is 6.61 Å². The van der Waals surface area contributed by atoms with Crippen molar-refractivity contribution >= 4 is 12.0 Å². The van der Waals surface area contributed by atoms with Gasteiger partial charge >= 0.3 is 12.0 Å². The van der Waals surface area contributed by atoms with Crippen LogP contribution < -0.4 is 10.6 Å². The Morgan fingerprint density at radius 1 is 1.20 bits per heavy atom. The average molecular weight is 277 g/mol. The third-order valence-electron chi connectivity index (χ3n) is 2.50. The number of esters is 1. The van der Waals surface area contributed by atoms with Gasteiger partial charge in [0, 0.05) is 12.4 Å². The van der Waals surface area contributed by atoms with E-state index >= 15 is 0 Å². The maximum atomic E-state index is 11.1. The second-order valence-electron chi connectivity index (χ2n) is 3.81. The summed E-state index contributed by atoms with van der Waals surface area (Å²) in [5.74, 6) is -0.343. The molecule has 0 fully saturated rings. The van der Waals surface area contributed by atoms with Gasteiger partial charge in [0.05, 0.1) is 17.3 Å². The molecule has 0 radical (unpaired) electrons. The molecule has 0 saturated carbocycles. The minimum absolute atomic E-state index is 0.186. The summed E-state index contributed by atoms with van der Waals surface area (Å²) in [6, 6.07) is 5.19. The number of amides is 2. The highest BCUT2D eigenvalue weighted by Gasteiger charge is 2.34. The molecular formula is C14H19N3O3. The fourth-order valence-electron chi connectivity index (χ4n) is 1.71. The first-order valence-electron chi connectivity index (χ1n) is 6.51. The van der Waals surface area contributed by atoms with E-state index in [1.54, 1.807) is 19.3 Å². The van der Waals surface area contributed by atoms with Crippen molar-refractivity contribution in [2.75, 3.05) is 6.61 Å². The number of carbonyl (C=O) groups is 2. The van der Waals surface area contributed by atoms with Gasteiger partial charge in [-0.1, -0.05) is 19.9 Å². The molecule has 2 N–H and O–H groups in total. The van der Waals surface area contributed by atoms with E-state index in [0.29, 0.717) is 11.3 Å². The van der Waals surface area contributed by atoms with Crippen LogP contribution in [0.25, 0.3) is 0 Å². The summed E-state index contributed by atoms with van der Waals surface area (Å²) >= 11 is 0. The fourth-order valence-corrected chi connectivity index (χ4v) is 1.71. The molecule has 0 aromatic carbocycles. The molecule has 2 amide bonds. The summed E-state index contributed by atoms with van der Waals surface area (Å²) in [6.45, 7) is 5.94. The summed E-state index contributed by atoms with van der Waals surface area (Å²) in [5, 5.41) is 5.10. The van der Waals surface area contributed by atoms with E-state index < -0.39 is 0 Å². The number of cyclic esters (lactones) is 1. The zero-order chi connectivity index (χ0) is 15.0. The second-order valence-corrected chi connectivity index (χ2v) is 3.81. The largest absolute Gasteiger partial charge is 0.456 e. The van der Waals surface area contributed by atoms with Crippen LogP contribution in [0.2, 0.25) is 0 Å². The number of carbonyl (C=O) groups excluding carboxylic acids is 2. The van der Waals surface area contributed by atoms with Crippen LogP contribution in [0.5, 0.6) is 0 Å². The van der Waals surface area contributed by atoms with E-state index in [9.17, 15) is 9.59 Å². The highest BCUT2D eigenvalue weighted by molar-refractivity contribution is 5.96. The monoisotopic (exact) mass is 277 g/mol. The first-order valence-corrected chi connectivity index (χ1v) is 6.51. The average Bonchev–Trinajstić information content (AvgIpc) is 2.85. The Morgan fingerprint density at radius 2 is 1.85 bits per heavy atom. The molecule has 0 spiro atoms. The summed E-state index contributed by atoms with van der Waals surface area (Å²) < 4.78 is 4.75. The van der Waals surface area contributed by atoms with Gasteiger partial charge in [0.15, 0.2) is 0 Å². The van der Waals surface area contributed by atoms with Crippen molar-refractivity contribution in [2.45, 2.75) is 26.8 Å². The first-order chi connectivity index (χ1) is 9.68. The third-order valence-corrected chi connectivity index (χ3v) is 2.50. The third kappa shape index (κ3) is 4.08. The predicted molar refractivity (Wildman–Crippen MR) is 74.7 cm³/mol. The second kappa shape index (κ2) is 7.93. The summed E-state index contributed by atoms with van der Waals surface area (Å²) in [7, 11) is 0. The Labute approximate surface area is 118 Å². The Morgan fingerprint density at radius 3 is 2.35 bits per heavy atom. The molecular weight excluding hydrogens is 258 g/mol. The molecule has 1 aromatic rings. The minimum Gasteiger partial charge on any atom is -0.456 e. The van der Waals surface area contributed by atoms with Crippen molar-refractivity contribution in [3.8, 4) is 0 Å². The van der Waals surface area contributed by atoms with Gasteiger partial charge in [0.2, 0.25) is 0 Å². The molecule has 108 valence electrons. The minimum atomic E-state index is -0.343. The molecule has 6 heteroatoms. The molecule has 3 heterocycles. The van der Waals surface area contributed by atoms with Crippen molar-refractivity contribution in [3.05, 3.63) is 41.9 Å². The van der Waals surface area contributed by atoms with Gasteiger partial charge in [-0.05, 0) is 19.1 Å². The molecule has 0 aliphatic carbocycles. The van der Waals surface area contributed by atoms with Crippen LogP contribution in [0.3, 0.4) is 0 Å². The lowest BCUT2D eigenvalue weighted by Gasteiger charge is -2.20. The maximum absolute atomic E-state index is 11.1. The van der Waals surface area contributed by atoms with Gasteiger partial charge in [-0.2, -0.15) is 0 Å². The van der Waals surface area contributed by atoms with Crippen LogP contribution in [-0.4, -0.2) is 29.6 Å². The van der Waals surface area contributed by atoms with E-state index in [-0.39, 0.29) is 24.6 Å². The van der Waals surface area contributed by atoms with E-state index in [2.05, 4.69) is 15.6 Å². The number of aromatic nitrogens is 1. The number of rotatable bonds is 0. The highest BCUT2D eigenvalue weighted by Crippen LogP contribution is 2.19. The molecule has 1 unspecified atom stereocenters. The molecule has 0 bridgehead atoms. The molecule has 0 saturated heterocycles. The number of ether oxygens (including phenoxy) is 1. The Bertz CT molecular complexity index is 459. The van der Waals surface area contributed by atoms with Crippen LogP contribution in [0.1, 0.15) is 20.8 Å². The SMILES string of the molecule is CC.CC1NC(=O)NC2=C1C(=O)OC2.c1ccncc1. The summed E-state index contributed by atoms with van der Waals surface area (Å²) in [4.78, 5) is 25.7. The van der Waals surface area contributed by atoms with Crippen LogP contribution in [0.4, 0.5) is 4.79 Å².